The highest BCUT2D eigenvalue weighted by atomic mass is 16.7. The van der Waals surface area contributed by atoms with Gasteiger partial charge in [-0.3, -0.25) is 0 Å². The molecule has 0 aromatic heterocycles. The summed E-state index contributed by atoms with van der Waals surface area (Å²) in [4.78, 5) is 0. The van der Waals surface area contributed by atoms with Crippen molar-refractivity contribution in [1.82, 2.24) is 0 Å². The highest BCUT2D eigenvalue weighted by Gasteiger charge is 2.61. The SMILES string of the molecule is CCCCOc1ccc(OC)c([C@H]2OC[C@]3(O)[C@@H](Oc4c(OC)cccc4OC)OC[C@H]23)c1. The summed E-state index contributed by atoms with van der Waals surface area (Å²) in [5, 5.41) is 11.6. The molecular formula is C25H32O8. The largest absolute Gasteiger partial charge is 0.496 e. The van der Waals surface area contributed by atoms with E-state index >= 15 is 0 Å². The molecule has 0 unspecified atom stereocenters. The number of rotatable bonds is 10. The van der Waals surface area contributed by atoms with Crippen molar-refractivity contribution in [1.29, 1.82) is 0 Å². The van der Waals surface area contributed by atoms with E-state index in [1.54, 1.807) is 39.5 Å². The van der Waals surface area contributed by atoms with Crippen molar-refractivity contribution < 1.29 is 38.3 Å². The van der Waals surface area contributed by atoms with Crippen LogP contribution in [0.5, 0.6) is 28.7 Å². The predicted octanol–water partition coefficient (Wildman–Crippen LogP) is 3.75. The van der Waals surface area contributed by atoms with Crippen LogP contribution in [0, 0.1) is 5.92 Å². The summed E-state index contributed by atoms with van der Waals surface area (Å²) in [7, 11) is 4.71. The van der Waals surface area contributed by atoms with E-state index in [2.05, 4.69) is 6.92 Å². The third-order valence-electron chi connectivity index (χ3n) is 6.22. The van der Waals surface area contributed by atoms with Gasteiger partial charge in [-0.15, -0.1) is 0 Å². The quantitative estimate of drug-likeness (QED) is 0.537. The zero-order valence-electron chi connectivity index (χ0n) is 19.5. The molecule has 33 heavy (non-hydrogen) atoms. The Morgan fingerprint density at radius 2 is 1.73 bits per heavy atom. The van der Waals surface area contributed by atoms with Gasteiger partial charge in [-0.1, -0.05) is 19.4 Å². The van der Waals surface area contributed by atoms with Crippen LogP contribution < -0.4 is 23.7 Å². The smallest absolute Gasteiger partial charge is 0.232 e. The van der Waals surface area contributed by atoms with Gasteiger partial charge in [-0.05, 0) is 36.8 Å². The van der Waals surface area contributed by atoms with Crippen molar-refractivity contribution in [3.8, 4) is 28.7 Å². The van der Waals surface area contributed by atoms with Crippen LogP contribution in [0.25, 0.3) is 0 Å². The van der Waals surface area contributed by atoms with E-state index in [4.69, 9.17) is 33.2 Å². The lowest BCUT2D eigenvalue weighted by Crippen LogP contribution is -2.47. The zero-order valence-corrected chi connectivity index (χ0v) is 19.5. The number of hydrogen-bond acceptors (Lipinski definition) is 8. The van der Waals surface area contributed by atoms with Crippen LogP contribution in [0.3, 0.4) is 0 Å². The van der Waals surface area contributed by atoms with Crippen molar-refractivity contribution in [2.24, 2.45) is 5.92 Å². The Morgan fingerprint density at radius 3 is 2.39 bits per heavy atom. The molecule has 2 aromatic rings. The second-order valence-corrected chi connectivity index (χ2v) is 8.21. The topological polar surface area (TPSA) is 84.8 Å². The van der Waals surface area contributed by atoms with Crippen LogP contribution >= 0.6 is 0 Å². The van der Waals surface area contributed by atoms with Crippen LogP contribution in [0.4, 0.5) is 0 Å². The lowest BCUT2D eigenvalue weighted by Gasteiger charge is -2.28. The van der Waals surface area contributed by atoms with Gasteiger partial charge in [0.05, 0.1) is 53.2 Å². The third kappa shape index (κ3) is 4.43. The summed E-state index contributed by atoms with van der Waals surface area (Å²) in [6.07, 6.45) is 0.642. The monoisotopic (exact) mass is 460 g/mol. The standard InChI is InChI=1S/C25H32O8/c1-5-6-12-30-16-10-11-19(27-2)17(13-16)22-18-14-31-24(25(18,26)15-32-22)33-23-20(28-3)8-7-9-21(23)29-4/h7-11,13,18,22,24,26H,5-6,12,14-15H2,1-4H3/t18-,22-,24-,25-/m1/s1. The second kappa shape index (κ2) is 10.1. The number of para-hydroxylation sites is 1. The Morgan fingerprint density at radius 1 is 1.00 bits per heavy atom. The van der Waals surface area contributed by atoms with Gasteiger partial charge in [0.2, 0.25) is 12.0 Å². The predicted molar refractivity (Wildman–Crippen MR) is 120 cm³/mol. The van der Waals surface area contributed by atoms with Crippen molar-refractivity contribution in [2.45, 2.75) is 37.8 Å². The number of aliphatic hydroxyl groups is 1. The van der Waals surface area contributed by atoms with Gasteiger partial charge >= 0.3 is 0 Å². The van der Waals surface area contributed by atoms with Crippen molar-refractivity contribution in [3.63, 3.8) is 0 Å². The number of unbranched alkanes of at least 4 members (excludes halogenated alkanes) is 1. The molecule has 2 fully saturated rings. The molecular weight excluding hydrogens is 428 g/mol. The number of fused-ring (bicyclic) bond motifs is 1. The maximum absolute atomic E-state index is 11.6. The molecule has 0 aliphatic carbocycles. The first-order valence-electron chi connectivity index (χ1n) is 11.2. The fourth-order valence-electron chi connectivity index (χ4n) is 4.36. The molecule has 8 nitrogen and oxygen atoms in total. The summed E-state index contributed by atoms with van der Waals surface area (Å²) in [5.74, 6) is 2.39. The van der Waals surface area contributed by atoms with E-state index in [1.807, 2.05) is 18.2 Å². The number of benzene rings is 2. The molecule has 8 heteroatoms. The van der Waals surface area contributed by atoms with E-state index in [1.165, 1.54) is 0 Å². The first-order chi connectivity index (χ1) is 16.0. The number of methoxy groups -OCH3 is 3. The number of ether oxygens (including phenoxy) is 7. The summed E-state index contributed by atoms with van der Waals surface area (Å²) >= 11 is 0. The Labute approximate surface area is 194 Å². The van der Waals surface area contributed by atoms with Crippen LogP contribution in [-0.2, 0) is 9.47 Å². The van der Waals surface area contributed by atoms with Gasteiger partial charge in [0.15, 0.2) is 17.1 Å². The van der Waals surface area contributed by atoms with Crippen LogP contribution in [0.1, 0.15) is 31.4 Å². The molecule has 1 N–H and O–H groups in total. The Hall–Kier alpha value is -2.68. The van der Waals surface area contributed by atoms with E-state index in [0.717, 1.165) is 24.2 Å². The first-order valence-corrected chi connectivity index (χ1v) is 11.2. The fourth-order valence-corrected chi connectivity index (χ4v) is 4.36. The normalized spacial score (nSPS) is 26.0. The third-order valence-corrected chi connectivity index (χ3v) is 6.22. The van der Waals surface area contributed by atoms with Gasteiger partial charge in [0.1, 0.15) is 11.5 Å². The first kappa shape index (κ1) is 23.5. The Kier molecular flexibility index (Phi) is 7.17. The maximum atomic E-state index is 11.6. The zero-order chi connectivity index (χ0) is 23.4. The molecule has 0 saturated carbocycles. The van der Waals surface area contributed by atoms with E-state index in [0.29, 0.717) is 29.6 Å². The highest BCUT2D eigenvalue weighted by molar-refractivity contribution is 5.51. The Bertz CT molecular complexity index is 926. The van der Waals surface area contributed by atoms with Crippen molar-refractivity contribution >= 4 is 0 Å². The van der Waals surface area contributed by atoms with Crippen molar-refractivity contribution in [3.05, 3.63) is 42.0 Å². The van der Waals surface area contributed by atoms with Gasteiger partial charge in [0.25, 0.3) is 0 Å². The summed E-state index contributed by atoms with van der Waals surface area (Å²) in [6, 6.07) is 11.0. The molecule has 0 radical (unpaired) electrons. The van der Waals surface area contributed by atoms with Gasteiger partial charge in [0, 0.05) is 5.56 Å². The molecule has 0 spiro atoms. The lowest BCUT2D eigenvalue weighted by molar-refractivity contribution is -0.153. The molecule has 0 bridgehead atoms. The van der Waals surface area contributed by atoms with Crippen LogP contribution in [-0.4, -0.2) is 58.1 Å². The lowest BCUT2D eigenvalue weighted by atomic mass is 9.85. The summed E-state index contributed by atoms with van der Waals surface area (Å²) < 4.78 is 40.4. The van der Waals surface area contributed by atoms with Crippen molar-refractivity contribution in [2.75, 3.05) is 41.2 Å². The van der Waals surface area contributed by atoms with Gasteiger partial charge < -0.3 is 38.3 Å². The van der Waals surface area contributed by atoms with Gasteiger partial charge in [-0.25, -0.2) is 0 Å². The minimum atomic E-state index is -1.36. The summed E-state index contributed by atoms with van der Waals surface area (Å²) in [6.45, 7) is 3.07. The highest BCUT2D eigenvalue weighted by Crippen LogP contribution is 2.51. The molecule has 2 aliphatic heterocycles. The second-order valence-electron chi connectivity index (χ2n) is 8.21. The van der Waals surface area contributed by atoms with Crippen LogP contribution in [0.2, 0.25) is 0 Å². The Balaban J connectivity index is 1.57. The molecule has 4 atom stereocenters. The minimum absolute atomic E-state index is 0.0501. The summed E-state index contributed by atoms with van der Waals surface area (Å²) in [5.41, 5.74) is -0.549. The number of hydrogen-bond donors (Lipinski definition) is 1. The van der Waals surface area contributed by atoms with Gasteiger partial charge in [-0.2, -0.15) is 0 Å². The molecule has 2 saturated heterocycles. The molecule has 2 aromatic carbocycles. The maximum Gasteiger partial charge on any atom is 0.232 e. The van der Waals surface area contributed by atoms with Crippen LogP contribution in [0.15, 0.2) is 36.4 Å². The average Bonchev–Trinajstić information content (AvgIpc) is 3.34. The fraction of sp³-hybridized carbons (Fsp3) is 0.520. The molecule has 4 rings (SSSR count). The van der Waals surface area contributed by atoms with E-state index in [-0.39, 0.29) is 19.1 Å². The van der Waals surface area contributed by atoms with E-state index in [9.17, 15) is 5.11 Å². The molecule has 180 valence electrons. The minimum Gasteiger partial charge on any atom is -0.496 e. The molecule has 2 aliphatic rings. The molecule has 0 amide bonds. The molecule has 2 heterocycles. The van der Waals surface area contributed by atoms with E-state index < -0.39 is 18.0 Å². The average molecular weight is 461 g/mol.